The molecule has 0 spiro atoms. The predicted octanol–water partition coefficient (Wildman–Crippen LogP) is -1.97. The lowest BCUT2D eigenvalue weighted by Crippen LogP contribution is -2.40. The first-order valence-corrected chi connectivity index (χ1v) is 5.06. The third kappa shape index (κ3) is 3.16. The highest BCUT2D eigenvalue weighted by atomic mass is 16.2. The Morgan fingerprint density at radius 1 is 1.29 bits per heavy atom. The monoisotopic (exact) mass is 241 g/mol. The van der Waals surface area contributed by atoms with Crippen molar-refractivity contribution in [1.29, 1.82) is 0 Å². The molecule has 8 nitrogen and oxygen atoms in total. The topological polar surface area (TPSA) is 98.0 Å². The fourth-order valence-corrected chi connectivity index (χ4v) is 1.23. The number of aromatic nitrogens is 3. The van der Waals surface area contributed by atoms with Crippen molar-refractivity contribution in [2.45, 2.75) is 6.92 Å². The van der Waals surface area contributed by atoms with Gasteiger partial charge in [0.1, 0.15) is 0 Å². The van der Waals surface area contributed by atoms with Gasteiger partial charge in [-0.3, -0.25) is 14.2 Å². The summed E-state index contributed by atoms with van der Waals surface area (Å²) in [5.74, 6) is -0.0620. The van der Waals surface area contributed by atoms with Crippen LogP contribution < -0.4 is 21.9 Å². The summed E-state index contributed by atoms with van der Waals surface area (Å²) in [4.78, 5) is 33.6. The summed E-state index contributed by atoms with van der Waals surface area (Å²) < 4.78 is 2.04. The van der Waals surface area contributed by atoms with Gasteiger partial charge in [0.2, 0.25) is 11.7 Å². The van der Waals surface area contributed by atoms with E-state index in [1.807, 2.05) is 0 Å². The number of amides is 1. The van der Waals surface area contributed by atoms with Gasteiger partial charge in [-0.25, -0.2) is 9.48 Å². The third-order valence-corrected chi connectivity index (χ3v) is 2.11. The molecule has 94 valence electrons. The number of carbonyl (C=O) groups is 1. The second kappa shape index (κ2) is 5.28. The minimum Gasteiger partial charge on any atom is -0.362 e. The molecular weight excluding hydrogens is 226 g/mol. The van der Waals surface area contributed by atoms with Gasteiger partial charge in [-0.1, -0.05) is 0 Å². The summed E-state index contributed by atoms with van der Waals surface area (Å²) in [6.45, 7) is 2.15. The molecule has 0 saturated carbocycles. The Balaban J connectivity index is 2.76. The van der Waals surface area contributed by atoms with Gasteiger partial charge in [0.15, 0.2) is 0 Å². The lowest BCUT2D eigenvalue weighted by molar-refractivity contribution is -0.118. The Morgan fingerprint density at radius 3 is 2.53 bits per heavy atom. The number of hydrogen-bond acceptors (Lipinski definition) is 5. The van der Waals surface area contributed by atoms with Gasteiger partial charge in [-0.2, -0.15) is 0 Å². The summed E-state index contributed by atoms with van der Waals surface area (Å²) in [5, 5.41) is 9.12. The molecule has 0 saturated heterocycles. The molecule has 1 rings (SSSR count). The molecule has 8 heteroatoms. The van der Waals surface area contributed by atoms with Crippen LogP contribution in [0.1, 0.15) is 6.92 Å². The molecule has 17 heavy (non-hydrogen) atoms. The first kappa shape index (κ1) is 12.9. The molecule has 0 aromatic carbocycles. The molecule has 1 amide bonds. The molecule has 0 bridgehead atoms. The van der Waals surface area contributed by atoms with Crippen molar-refractivity contribution in [3.63, 3.8) is 0 Å². The Bertz CT molecular complexity index is 530. The van der Waals surface area contributed by atoms with Gasteiger partial charge in [0.05, 0.1) is 0 Å². The van der Waals surface area contributed by atoms with Crippen molar-refractivity contribution in [2.75, 3.05) is 18.4 Å². The van der Waals surface area contributed by atoms with Gasteiger partial charge in [0.25, 0.3) is 5.56 Å². The van der Waals surface area contributed by atoms with Gasteiger partial charge in [-0.15, -0.1) is 5.10 Å². The second-order valence-corrected chi connectivity index (χ2v) is 3.53. The predicted molar refractivity (Wildman–Crippen MR) is 61.9 cm³/mol. The van der Waals surface area contributed by atoms with E-state index in [1.54, 1.807) is 0 Å². The number of anilines is 1. The molecule has 0 radical (unpaired) electrons. The summed E-state index contributed by atoms with van der Waals surface area (Å²) >= 11 is 0. The average molecular weight is 241 g/mol. The first-order valence-electron chi connectivity index (χ1n) is 5.06. The molecule has 1 heterocycles. The summed E-state index contributed by atoms with van der Waals surface area (Å²) in [6, 6.07) is 0. The zero-order valence-electron chi connectivity index (χ0n) is 9.98. The van der Waals surface area contributed by atoms with Crippen LogP contribution in [-0.4, -0.2) is 33.3 Å². The van der Waals surface area contributed by atoms with Crippen molar-refractivity contribution in [3.8, 4) is 0 Å². The Hall–Kier alpha value is -2.12. The lowest BCUT2D eigenvalue weighted by Gasteiger charge is -2.07. The van der Waals surface area contributed by atoms with Crippen LogP contribution in [-0.2, 0) is 18.9 Å². The van der Waals surface area contributed by atoms with Crippen LogP contribution in [0.3, 0.4) is 0 Å². The molecule has 0 aliphatic rings. The number of aryl methyl sites for hydroxylation is 1. The minimum absolute atomic E-state index is 0.0833. The van der Waals surface area contributed by atoms with E-state index in [0.29, 0.717) is 13.1 Å². The smallest absolute Gasteiger partial charge is 0.346 e. The van der Waals surface area contributed by atoms with Crippen LogP contribution in [0, 0.1) is 0 Å². The zero-order valence-corrected chi connectivity index (χ0v) is 9.98. The molecule has 0 unspecified atom stereocenters. The lowest BCUT2D eigenvalue weighted by atomic mass is 10.5. The number of rotatable bonds is 4. The van der Waals surface area contributed by atoms with Crippen LogP contribution in [0.5, 0.6) is 0 Å². The van der Waals surface area contributed by atoms with Crippen molar-refractivity contribution < 1.29 is 4.79 Å². The Morgan fingerprint density at radius 2 is 1.94 bits per heavy atom. The van der Waals surface area contributed by atoms with Crippen molar-refractivity contribution >= 4 is 11.7 Å². The molecule has 2 N–H and O–H groups in total. The standard InChI is InChI=1S/C9H15N5O3/c1-6(15)10-4-5-11-7-8(16)13(2)9(17)14(3)12-7/h4-5H2,1-3H3,(H,10,15)(H,11,12). The maximum Gasteiger partial charge on any atom is 0.346 e. The highest BCUT2D eigenvalue weighted by Gasteiger charge is 2.07. The molecule has 0 aliphatic heterocycles. The van der Waals surface area contributed by atoms with E-state index in [2.05, 4.69) is 15.7 Å². The summed E-state index contributed by atoms with van der Waals surface area (Å²) in [6.07, 6.45) is 0. The van der Waals surface area contributed by atoms with Gasteiger partial charge in [0, 0.05) is 34.1 Å². The summed E-state index contributed by atoms with van der Waals surface area (Å²) in [7, 11) is 2.84. The van der Waals surface area contributed by atoms with Crippen LogP contribution >= 0.6 is 0 Å². The average Bonchev–Trinajstić information content (AvgIpc) is 2.27. The van der Waals surface area contributed by atoms with E-state index in [0.717, 1.165) is 9.25 Å². The zero-order chi connectivity index (χ0) is 13.0. The number of nitrogens with zero attached hydrogens (tertiary/aromatic N) is 3. The Labute approximate surface area is 97.3 Å². The first-order chi connectivity index (χ1) is 7.93. The van der Waals surface area contributed by atoms with Gasteiger partial charge in [-0.05, 0) is 0 Å². The fraction of sp³-hybridized carbons (Fsp3) is 0.556. The van der Waals surface area contributed by atoms with E-state index >= 15 is 0 Å². The van der Waals surface area contributed by atoms with Gasteiger partial charge >= 0.3 is 5.69 Å². The largest absolute Gasteiger partial charge is 0.362 e. The van der Waals surface area contributed by atoms with Crippen molar-refractivity contribution in [1.82, 2.24) is 19.7 Å². The van der Waals surface area contributed by atoms with E-state index in [-0.39, 0.29) is 11.7 Å². The molecule has 0 atom stereocenters. The molecular formula is C9H15N5O3. The highest BCUT2D eigenvalue weighted by molar-refractivity contribution is 5.72. The maximum atomic E-state index is 11.6. The third-order valence-electron chi connectivity index (χ3n) is 2.11. The van der Waals surface area contributed by atoms with Crippen LogP contribution in [0.15, 0.2) is 9.59 Å². The van der Waals surface area contributed by atoms with Crippen molar-refractivity contribution in [3.05, 3.63) is 20.8 Å². The van der Waals surface area contributed by atoms with Gasteiger partial charge < -0.3 is 10.6 Å². The van der Waals surface area contributed by atoms with Crippen LogP contribution in [0.4, 0.5) is 5.82 Å². The van der Waals surface area contributed by atoms with E-state index in [4.69, 9.17) is 0 Å². The highest BCUT2D eigenvalue weighted by Crippen LogP contribution is 1.87. The molecule has 1 aromatic heterocycles. The second-order valence-electron chi connectivity index (χ2n) is 3.53. The maximum absolute atomic E-state index is 11.6. The number of carbonyl (C=O) groups excluding carboxylic acids is 1. The number of hydrogen-bond donors (Lipinski definition) is 2. The van der Waals surface area contributed by atoms with E-state index in [1.165, 1.54) is 21.0 Å². The minimum atomic E-state index is -0.490. The Kier molecular flexibility index (Phi) is 4.02. The normalized spacial score (nSPS) is 10.1. The molecule has 0 aliphatic carbocycles. The number of nitrogens with one attached hydrogen (secondary N) is 2. The molecule has 1 aromatic rings. The SMILES string of the molecule is CC(=O)NCCNc1nn(C)c(=O)n(C)c1=O. The van der Waals surface area contributed by atoms with Crippen LogP contribution in [0.25, 0.3) is 0 Å². The van der Waals surface area contributed by atoms with E-state index in [9.17, 15) is 14.4 Å². The van der Waals surface area contributed by atoms with E-state index < -0.39 is 11.2 Å². The van der Waals surface area contributed by atoms with Crippen molar-refractivity contribution in [2.24, 2.45) is 14.1 Å². The molecule has 0 fully saturated rings. The van der Waals surface area contributed by atoms with Crippen LogP contribution in [0.2, 0.25) is 0 Å². The fourth-order valence-electron chi connectivity index (χ4n) is 1.23. The summed E-state index contributed by atoms with van der Waals surface area (Å²) in [5.41, 5.74) is -0.974. The quantitative estimate of drug-likeness (QED) is 0.596.